The van der Waals surface area contributed by atoms with E-state index in [0.717, 1.165) is 38.0 Å². The first-order valence-electron chi connectivity index (χ1n) is 6.03. The van der Waals surface area contributed by atoms with Crippen LogP contribution in [-0.4, -0.2) is 35.9 Å². The highest BCUT2D eigenvalue weighted by atomic mass is 16.2. The molecule has 0 saturated heterocycles. The zero-order valence-corrected chi connectivity index (χ0v) is 10.6. The Kier molecular flexibility index (Phi) is 5.63. The van der Waals surface area contributed by atoms with Crippen molar-refractivity contribution in [3.63, 3.8) is 0 Å². The van der Waals surface area contributed by atoms with Crippen LogP contribution < -0.4 is 5.73 Å². The molecule has 0 unspecified atom stereocenters. The summed E-state index contributed by atoms with van der Waals surface area (Å²) in [6.45, 7) is 3.40. The number of aryl methyl sites for hydroxylation is 1. The second-order valence-electron chi connectivity index (χ2n) is 4.26. The third-order valence-corrected chi connectivity index (χ3v) is 2.70. The summed E-state index contributed by atoms with van der Waals surface area (Å²) in [4.78, 5) is 17.8. The molecule has 4 heteroatoms. The molecular formula is C13H21N3O. The minimum Gasteiger partial charge on any atom is -0.342 e. The van der Waals surface area contributed by atoms with E-state index in [1.165, 1.54) is 0 Å². The van der Waals surface area contributed by atoms with Gasteiger partial charge in [0, 0.05) is 25.5 Å². The molecule has 0 aromatic carbocycles. The molecule has 0 aliphatic heterocycles. The van der Waals surface area contributed by atoms with Crippen molar-refractivity contribution in [2.24, 2.45) is 5.73 Å². The number of hydrogen-bond donors (Lipinski definition) is 1. The highest BCUT2D eigenvalue weighted by Gasteiger charge is 2.10. The predicted octanol–water partition coefficient (Wildman–Crippen LogP) is 1.59. The van der Waals surface area contributed by atoms with Gasteiger partial charge in [0.1, 0.15) is 0 Å². The Morgan fingerprint density at radius 3 is 2.71 bits per heavy atom. The number of hydrogen-bond acceptors (Lipinski definition) is 3. The van der Waals surface area contributed by atoms with E-state index >= 15 is 0 Å². The summed E-state index contributed by atoms with van der Waals surface area (Å²) in [5, 5.41) is 0. The lowest BCUT2D eigenvalue weighted by Crippen LogP contribution is -2.27. The summed E-state index contributed by atoms with van der Waals surface area (Å²) in [7, 11) is 1.82. The van der Waals surface area contributed by atoms with Crippen molar-refractivity contribution < 1.29 is 4.79 Å². The molecule has 0 aliphatic carbocycles. The second kappa shape index (κ2) is 7.01. The fourth-order valence-electron chi connectivity index (χ4n) is 1.59. The zero-order chi connectivity index (χ0) is 12.7. The van der Waals surface area contributed by atoms with Crippen molar-refractivity contribution in [2.45, 2.75) is 26.2 Å². The molecule has 0 aliphatic rings. The van der Waals surface area contributed by atoms with Gasteiger partial charge in [0.15, 0.2) is 0 Å². The van der Waals surface area contributed by atoms with E-state index in [-0.39, 0.29) is 5.91 Å². The van der Waals surface area contributed by atoms with Crippen LogP contribution in [0.15, 0.2) is 18.3 Å². The quantitative estimate of drug-likeness (QED) is 0.762. The number of pyridine rings is 1. The smallest absolute Gasteiger partial charge is 0.255 e. The number of aromatic nitrogens is 1. The van der Waals surface area contributed by atoms with Crippen molar-refractivity contribution in [3.8, 4) is 0 Å². The van der Waals surface area contributed by atoms with E-state index in [1.807, 2.05) is 26.1 Å². The Morgan fingerprint density at radius 1 is 1.35 bits per heavy atom. The molecular weight excluding hydrogens is 214 g/mol. The van der Waals surface area contributed by atoms with Crippen molar-refractivity contribution >= 4 is 5.91 Å². The van der Waals surface area contributed by atoms with Gasteiger partial charge in [-0.1, -0.05) is 6.42 Å². The molecule has 2 N–H and O–H groups in total. The standard InChI is InChI=1S/C13H21N3O/c1-11-6-7-12(10-15-11)13(17)16(2)9-5-3-4-8-14/h6-7,10H,3-5,8-9,14H2,1-2H3. The van der Waals surface area contributed by atoms with Gasteiger partial charge in [-0.15, -0.1) is 0 Å². The molecule has 1 aromatic heterocycles. The normalized spacial score (nSPS) is 10.3. The molecule has 1 rings (SSSR count). The van der Waals surface area contributed by atoms with Crippen molar-refractivity contribution in [1.82, 2.24) is 9.88 Å². The van der Waals surface area contributed by atoms with Gasteiger partial charge in [-0.25, -0.2) is 0 Å². The third kappa shape index (κ3) is 4.53. The van der Waals surface area contributed by atoms with E-state index < -0.39 is 0 Å². The van der Waals surface area contributed by atoms with E-state index in [1.54, 1.807) is 11.1 Å². The zero-order valence-electron chi connectivity index (χ0n) is 10.6. The topological polar surface area (TPSA) is 59.2 Å². The lowest BCUT2D eigenvalue weighted by atomic mass is 10.2. The second-order valence-corrected chi connectivity index (χ2v) is 4.26. The van der Waals surface area contributed by atoms with Gasteiger partial charge in [-0.3, -0.25) is 9.78 Å². The summed E-state index contributed by atoms with van der Waals surface area (Å²) >= 11 is 0. The lowest BCUT2D eigenvalue weighted by molar-refractivity contribution is 0.0792. The summed E-state index contributed by atoms with van der Waals surface area (Å²) in [6.07, 6.45) is 4.72. The number of carbonyl (C=O) groups excluding carboxylic acids is 1. The number of amides is 1. The number of nitrogens with two attached hydrogens (primary N) is 1. The van der Waals surface area contributed by atoms with Gasteiger partial charge in [-0.2, -0.15) is 0 Å². The third-order valence-electron chi connectivity index (χ3n) is 2.70. The van der Waals surface area contributed by atoms with Crippen LogP contribution in [0.2, 0.25) is 0 Å². The predicted molar refractivity (Wildman–Crippen MR) is 68.8 cm³/mol. The fourth-order valence-corrected chi connectivity index (χ4v) is 1.59. The van der Waals surface area contributed by atoms with E-state index in [9.17, 15) is 4.79 Å². The van der Waals surface area contributed by atoms with Gasteiger partial charge in [0.2, 0.25) is 0 Å². The molecule has 0 radical (unpaired) electrons. The average Bonchev–Trinajstić information content (AvgIpc) is 2.34. The van der Waals surface area contributed by atoms with Crippen LogP contribution in [0, 0.1) is 6.92 Å². The maximum atomic E-state index is 12.0. The summed E-state index contributed by atoms with van der Waals surface area (Å²) in [5.74, 6) is 0.0326. The molecule has 1 amide bonds. The van der Waals surface area contributed by atoms with Gasteiger partial charge in [0.05, 0.1) is 5.56 Å². The number of nitrogens with zero attached hydrogens (tertiary/aromatic N) is 2. The van der Waals surface area contributed by atoms with Crippen molar-refractivity contribution in [2.75, 3.05) is 20.1 Å². The van der Waals surface area contributed by atoms with Crippen LogP contribution in [0.1, 0.15) is 35.3 Å². The summed E-state index contributed by atoms with van der Waals surface area (Å²) in [6, 6.07) is 3.68. The maximum Gasteiger partial charge on any atom is 0.255 e. The molecule has 1 aromatic rings. The van der Waals surface area contributed by atoms with Crippen LogP contribution in [0.3, 0.4) is 0 Å². The Balaban J connectivity index is 2.43. The Hall–Kier alpha value is -1.42. The molecule has 1 heterocycles. The van der Waals surface area contributed by atoms with E-state index in [2.05, 4.69) is 4.98 Å². The summed E-state index contributed by atoms with van der Waals surface area (Å²) in [5.41, 5.74) is 6.99. The average molecular weight is 235 g/mol. The molecule has 0 bridgehead atoms. The number of rotatable bonds is 6. The highest BCUT2D eigenvalue weighted by Crippen LogP contribution is 2.05. The number of carbonyl (C=O) groups is 1. The van der Waals surface area contributed by atoms with Gasteiger partial charge >= 0.3 is 0 Å². The molecule has 0 atom stereocenters. The van der Waals surface area contributed by atoms with Crippen molar-refractivity contribution in [1.29, 1.82) is 0 Å². The number of unbranched alkanes of at least 4 members (excludes halogenated alkanes) is 2. The SMILES string of the molecule is Cc1ccc(C(=O)N(C)CCCCCN)cn1. The minimum atomic E-state index is 0.0326. The molecule has 17 heavy (non-hydrogen) atoms. The molecule has 0 saturated carbocycles. The first-order valence-corrected chi connectivity index (χ1v) is 6.03. The first kappa shape index (κ1) is 13.6. The Bertz CT molecular complexity index is 348. The molecule has 4 nitrogen and oxygen atoms in total. The highest BCUT2D eigenvalue weighted by molar-refractivity contribution is 5.93. The summed E-state index contributed by atoms with van der Waals surface area (Å²) < 4.78 is 0. The van der Waals surface area contributed by atoms with Gasteiger partial charge in [-0.05, 0) is 38.4 Å². The Labute approximate surface area is 103 Å². The fraction of sp³-hybridized carbons (Fsp3) is 0.538. The van der Waals surface area contributed by atoms with Gasteiger partial charge < -0.3 is 10.6 Å². The molecule has 0 spiro atoms. The maximum absolute atomic E-state index is 12.0. The van der Waals surface area contributed by atoms with Crippen molar-refractivity contribution in [3.05, 3.63) is 29.6 Å². The lowest BCUT2D eigenvalue weighted by Gasteiger charge is -2.16. The monoisotopic (exact) mass is 235 g/mol. The van der Waals surface area contributed by atoms with Crippen LogP contribution in [0.25, 0.3) is 0 Å². The van der Waals surface area contributed by atoms with Crippen LogP contribution in [0.5, 0.6) is 0 Å². The Morgan fingerprint density at radius 2 is 2.12 bits per heavy atom. The van der Waals surface area contributed by atoms with Crippen LogP contribution >= 0.6 is 0 Å². The first-order chi connectivity index (χ1) is 8.15. The molecule has 0 fully saturated rings. The van der Waals surface area contributed by atoms with E-state index in [0.29, 0.717) is 5.56 Å². The van der Waals surface area contributed by atoms with Crippen LogP contribution in [-0.2, 0) is 0 Å². The minimum absolute atomic E-state index is 0.0326. The molecule has 94 valence electrons. The van der Waals surface area contributed by atoms with Crippen LogP contribution in [0.4, 0.5) is 0 Å². The largest absolute Gasteiger partial charge is 0.342 e. The van der Waals surface area contributed by atoms with Gasteiger partial charge in [0.25, 0.3) is 5.91 Å². The van der Waals surface area contributed by atoms with E-state index in [4.69, 9.17) is 5.73 Å².